The van der Waals surface area contributed by atoms with Crippen LogP contribution in [0.5, 0.6) is 17.2 Å². The second-order valence-corrected chi connectivity index (χ2v) is 7.69. The minimum atomic E-state index is -0.439. The summed E-state index contributed by atoms with van der Waals surface area (Å²) in [6, 6.07) is 3.35. The molecule has 1 aromatic carbocycles. The first-order chi connectivity index (χ1) is 10.7. The Kier molecular flexibility index (Phi) is 4.63. The normalized spacial score (nSPS) is 19.4. The molecule has 1 saturated heterocycles. The van der Waals surface area contributed by atoms with Crippen LogP contribution in [0.15, 0.2) is 12.1 Å². The van der Waals surface area contributed by atoms with E-state index in [1.165, 1.54) is 7.11 Å². The van der Waals surface area contributed by atoms with Crippen LogP contribution in [-0.2, 0) is 4.74 Å². The zero-order chi connectivity index (χ0) is 15.6. The van der Waals surface area contributed by atoms with Crippen LogP contribution in [0.4, 0.5) is 0 Å². The standard InChI is InChI=1S/C15H18O5S2/c1-17-11-4-3-10(14(16)18-2)12-13(11)20-6-15(5-19-12)7-21-9-22-8-15/h3-4H,5-9H2,1-2H3. The molecule has 0 unspecified atom stereocenters. The molecule has 5 nitrogen and oxygen atoms in total. The number of methoxy groups -OCH3 is 2. The van der Waals surface area contributed by atoms with Crippen molar-refractivity contribution in [3.05, 3.63) is 17.7 Å². The van der Waals surface area contributed by atoms with Crippen molar-refractivity contribution in [2.75, 3.05) is 44.0 Å². The molecule has 1 spiro atoms. The van der Waals surface area contributed by atoms with Crippen molar-refractivity contribution in [3.63, 3.8) is 0 Å². The number of ether oxygens (including phenoxy) is 4. The highest BCUT2D eigenvalue weighted by atomic mass is 32.2. The summed E-state index contributed by atoms with van der Waals surface area (Å²) in [5.74, 6) is 3.02. The van der Waals surface area contributed by atoms with Gasteiger partial charge < -0.3 is 18.9 Å². The van der Waals surface area contributed by atoms with E-state index in [0.29, 0.717) is 36.0 Å². The Hall–Kier alpha value is -1.21. The quantitative estimate of drug-likeness (QED) is 0.766. The minimum Gasteiger partial charge on any atom is -0.493 e. The summed E-state index contributed by atoms with van der Waals surface area (Å²) in [4.78, 5) is 12.0. The first-order valence-corrected chi connectivity index (χ1v) is 9.20. The van der Waals surface area contributed by atoms with Gasteiger partial charge in [-0.05, 0) is 12.1 Å². The lowest BCUT2D eigenvalue weighted by Crippen LogP contribution is -2.40. The number of benzene rings is 1. The van der Waals surface area contributed by atoms with Crippen LogP contribution in [0, 0.1) is 5.41 Å². The number of fused-ring (bicyclic) bond motifs is 1. The molecule has 0 atom stereocenters. The van der Waals surface area contributed by atoms with E-state index in [2.05, 4.69) is 0 Å². The van der Waals surface area contributed by atoms with Gasteiger partial charge in [0.1, 0.15) is 5.56 Å². The Balaban J connectivity index is 1.97. The predicted octanol–water partition coefficient (Wildman–Crippen LogP) is 2.68. The number of esters is 1. The number of hydrogen-bond donors (Lipinski definition) is 0. The summed E-state index contributed by atoms with van der Waals surface area (Å²) in [7, 11) is 2.93. The van der Waals surface area contributed by atoms with E-state index in [-0.39, 0.29) is 5.41 Å². The van der Waals surface area contributed by atoms with E-state index in [4.69, 9.17) is 18.9 Å². The monoisotopic (exact) mass is 342 g/mol. The third-order valence-corrected chi connectivity index (χ3v) is 6.70. The van der Waals surface area contributed by atoms with Crippen molar-refractivity contribution in [3.8, 4) is 17.2 Å². The fraction of sp³-hybridized carbons (Fsp3) is 0.533. The summed E-state index contributed by atoms with van der Waals surface area (Å²) >= 11 is 3.79. The molecular weight excluding hydrogens is 324 g/mol. The number of thioether (sulfide) groups is 2. The third-order valence-electron chi connectivity index (χ3n) is 3.73. The van der Waals surface area contributed by atoms with Crippen LogP contribution in [0.2, 0.25) is 0 Å². The zero-order valence-corrected chi connectivity index (χ0v) is 14.2. The Morgan fingerprint density at radius 1 is 1.14 bits per heavy atom. The first-order valence-electron chi connectivity index (χ1n) is 6.89. The number of hydrogen-bond acceptors (Lipinski definition) is 7. The summed E-state index contributed by atoms with van der Waals surface area (Å²) in [6.45, 7) is 1.08. The van der Waals surface area contributed by atoms with Gasteiger partial charge in [-0.1, -0.05) is 0 Å². The van der Waals surface area contributed by atoms with Gasteiger partial charge in [0, 0.05) is 16.6 Å². The molecular formula is C15H18O5S2. The van der Waals surface area contributed by atoms with Gasteiger partial charge >= 0.3 is 5.97 Å². The van der Waals surface area contributed by atoms with Crippen molar-refractivity contribution in [1.82, 2.24) is 0 Å². The van der Waals surface area contributed by atoms with Gasteiger partial charge in [-0.2, -0.15) is 23.5 Å². The molecule has 1 fully saturated rings. The summed E-state index contributed by atoms with van der Waals surface area (Å²) in [5.41, 5.74) is 0.330. The van der Waals surface area contributed by atoms with Crippen LogP contribution in [0.3, 0.4) is 0 Å². The molecule has 0 N–H and O–H groups in total. The van der Waals surface area contributed by atoms with Gasteiger partial charge in [-0.15, -0.1) is 0 Å². The predicted molar refractivity (Wildman–Crippen MR) is 87.5 cm³/mol. The molecule has 0 amide bonds. The lowest BCUT2D eigenvalue weighted by atomic mass is 9.95. The number of carbonyl (C=O) groups is 1. The lowest BCUT2D eigenvalue weighted by Gasteiger charge is -2.33. The molecule has 0 aromatic heterocycles. The first kappa shape index (κ1) is 15.7. The SMILES string of the molecule is COC(=O)c1ccc(OC)c2c1OCC1(CO2)CSCSC1. The molecule has 22 heavy (non-hydrogen) atoms. The second-order valence-electron chi connectivity index (χ2n) is 5.36. The Bertz CT molecular complexity index is 569. The topological polar surface area (TPSA) is 54.0 Å². The van der Waals surface area contributed by atoms with Gasteiger partial charge in [0.25, 0.3) is 0 Å². The van der Waals surface area contributed by atoms with Gasteiger partial charge in [0.05, 0.1) is 32.8 Å². The van der Waals surface area contributed by atoms with Crippen LogP contribution >= 0.6 is 23.5 Å². The Morgan fingerprint density at radius 3 is 2.45 bits per heavy atom. The third kappa shape index (κ3) is 2.84. The summed E-state index contributed by atoms with van der Waals surface area (Å²) in [6.07, 6.45) is 0. The second kappa shape index (κ2) is 6.50. The summed E-state index contributed by atoms with van der Waals surface area (Å²) < 4.78 is 22.2. The van der Waals surface area contributed by atoms with E-state index in [0.717, 1.165) is 16.6 Å². The smallest absolute Gasteiger partial charge is 0.341 e. The maximum absolute atomic E-state index is 12.0. The highest BCUT2D eigenvalue weighted by Crippen LogP contribution is 2.46. The largest absolute Gasteiger partial charge is 0.493 e. The number of rotatable bonds is 2. The van der Waals surface area contributed by atoms with Crippen LogP contribution in [0.25, 0.3) is 0 Å². The van der Waals surface area contributed by atoms with Crippen molar-refractivity contribution in [2.45, 2.75) is 0 Å². The molecule has 7 heteroatoms. The van der Waals surface area contributed by atoms with E-state index in [1.54, 1.807) is 19.2 Å². The van der Waals surface area contributed by atoms with E-state index in [1.807, 2.05) is 23.5 Å². The lowest BCUT2D eigenvalue weighted by molar-refractivity contribution is 0.0594. The summed E-state index contributed by atoms with van der Waals surface area (Å²) in [5, 5.41) is 1.10. The van der Waals surface area contributed by atoms with E-state index in [9.17, 15) is 4.79 Å². The van der Waals surface area contributed by atoms with Crippen molar-refractivity contribution in [1.29, 1.82) is 0 Å². The van der Waals surface area contributed by atoms with Crippen LogP contribution < -0.4 is 14.2 Å². The van der Waals surface area contributed by atoms with Crippen LogP contribution in [-0.4, -0.2) is 50.0 Å². The highest BCUT2D eigenvalue weighted by Gasteiger charge is 2.39. The average Bonchev–Trinajstić information content (AvgIpc) is 2.75. The maximum Gasteiger partial charge on any atom is 0.341 e. The minimum absolute atomic E-state index is 0.0367. The molecule has 2 aliphatic rings. The van der Waals surface area contributed by atoms with Gasteiger partial charge in [-0.25, -0.2) is 4.79 Å². The van der Waals surface area contributed by atoms with Gasteiger partial charge in [0.2, 0.25) is 5.75 Å². The van der Waals surface area contributed by atoms with Crippen molar-refractivity contribution >= 4 is 29.5 Å². The molecule has 2 aliphatic heterocycles. The molecule has 3 rings (SSSR count). The van der Waals surface area contributed by atoms with Crippen molar-refractivity contribution < 1.29 is 23.7 Å². The van der Waals surface area contributed by atoms with E-state index < -0.39 is 5.97 Å². The molecule has 0 bridgehead atoms. The molecule has 2 heterocycles. The Labute approximate surface area is 138 Å². The molecule has 0 radical (unpaired) electrons. The van der Waals surface area contributed by atoms with Crippen LogP contribution in [0.1, 0.15) is 10.4 Å². The molecule has 0 aliphatic carbocycles. The van der Waals surface area contributed by atoms with E-state index >= 15 is 0 Å². The molecule has 1 aromatic rings. The average molecular weight is 342 g/mol. The Morgan fingerprint density at radius 2 is 1.82 bits per heavy atom. The zero-order valence-electron chi connectivity index (χ0n) is 12.5. The van der Waals surface area contributed by atoms with Gasteiger partial charge in [-0.3, -0.25) is 0 Å². The fourth-order valence-corrected chi connectivity index (χ4v) is 5.20. The number of carbonyl (C=O) groups excluding carboxylic acids is 1. The highest BCUT2D eigenvalue weighted by molar-refractivity contribution is 8.16. The fourth-order valence-electron chi connectivity index (χ4n) is 2.53. The van der Waals surface area contributed by atoms with Gasteiger partial charge in [0.15, 0.2) is 11.5 Å². The maximum atomic E-state index is 12.0. The molecule has 0 saturated carbocycles. The van der Waals surface area contributed by atoms with Crippen molar-refractivity contribution in [2.24, 2.45) is 5.41 Å². The molecule has 120 valence electrons.